The van der Waals surface area contributed by atoms with Gasteiger partial charge < -0.3 is 24.5 Å². The number of nitrogens with zero attached hydrogens (tertiary/aromatic N) is 5. The van der Waals surface area contributed by atoms with Gasteiger partial charge in [-0.25, -0.2) is 14.8 Å². The van der Waals surface area contributed by atoms with Crippen LogP contribution in [0.3, 0.4) is 0 Å². The normalized spacial score (nSPS) is 15.4. The number of H-pyrrole nitrogens is 1. The van der Waals surface area contributed by atoms with Crippen LogP contribution in [0.1, 0.15) is 6.92 Å². The van der Waals surface area contributed by atoms with E-state index in [0.29, 0.717) is 40.7 Å². The maximum Gasteiger partial charge on any atom is 0.413 e. The number of hydrogen-bond donors (Lipinski definition) is 2. The molecule has 4 aromatic rings. The fourth-order valence-electron chi connectivity index (χ4n) is 4.25. The molecule has 1 aromatic carbocycles. The number of carbonyl (C=O) groups excluding carboxylic acids is 1. The van der Waals surface area contributed by atoms with Crippen molar-refractivity contribution in [3.05, 3.63) is 35.6 Å². The van der Waals surface area contributed by atoms with Crippen LogP contribution in [0, 0.1) is 0 Å². The van der Waals surface area contributed by atoms with Gasteiger partial charge in [0.25, 0.3) is 0 Å². The van der Waals surface area contributed by atoms with E-state index in [-0.39, 0.29) is 11.8 Å². The van der Waals surface area contributed by atoms with Crippen molar-refractivity contribution in [2.45, 2.75) is 19.5 Å². The second-order valence-electron chi connectivity index (χ2n) is 8.68. The predicted molar refractivity (Wildman–Crippen MR) is 135 cm³/mol. The Labute approximate surface area is 212 Å². The molecule has 0 saturated carbocycles. The van der Waals surface area contributed by atoms with E-state index in [0.717, 1.165) is 43.8 Å². The summed E-state index contributed by atoms with van der Waals surface area (Å²) in [5.41, 5.74) is 3.11. The molecule has 0 radical (unpaired) electrons. The number of aromatic nitrogens is 5. The highest BCUT2D eigenvalue weighted by Gasteiger charge is 2.19. The summed E-state index contributed by atoms with van der Waals surface area (Å²) < 4.78 is 17.9. The highest BCUT2D eigenvalue weighted by molar-refractivity contribution is 6.31. The smallest absolute Gasteiger partial charge is 0.406 e. The number of nitrogens with one attached hydrogen (secondary N) is 2. The van der Waals surface area contributed by atoms with Gasteiger partial charge in [0.05, 0.1) is 44.1 Å². The van der Waals surface area contributed by atoms with Gasteiger partial charge in [-0.3, -0.25) is 9.58 Å². The monoisotopic (exact) mass is 513 g/mol. The molecular formula is C24H28ClN7O4. The number of methoxy groups -OCH3 is 1. The molecule has 4 heterocycles. The molecule has 2 N–H and O–H groups in total. The van der Waals surface area contributed by atoms with Crippen LogP contribution in [-0.4, -0.2) is 88.3 Å². The van der Waals surface area contributed by atoms with E-state index in [1.807, 2.05) is 29.8 Å². The lowest BCUT2D eigenvalue weighted by Gasteiger charge is -2.26. The summed E-state index contributed by atoms with van der Waals surface area (Å²) in [5, 5.41) is 9.15. The lowest BCUT2D eigenvalue weighted by atomic mass is 10.1. The van der Waals surface area contributed by atoms with Crippen molar-refractivity contribution in [2.75, 3.05) is 46.6 Å². The molecule has 1 fully saturated rings. The summed E-state index contributed by atoms with van der Waals surface area (Å²) in [4.78, 5) is 26.9. The third-order valence-corrected chi connectivity index (χ3v) is 6.25. The minimum atomic E-state index is -0.597. The number of fused-ring (bicyclic) bond motifs is 2. The fourth-order valence-corrected chi connectivity index (χ4v) is 4.42. The fraction of sp³-hybridized carbons (Fsp3) is 0.417. The van der Waals surface area contributed by atoms with Crippen molar-refractivity contribution in [1.82, 2.24) is 34.9 Å². The molecule has 11 nitrogen and oxygen atoms in total. The van der Waals surface area contributed by atoms with E-state index in [2.05, 4.69) is 20.2 Å². The van der Waals surface area contributed by atoms with E-state index in [9.17, 15) is 4.79 Å². The Hall–Kier alpha value is -3.25. The Balaban J connectivity index is 1.44. The minimum Gasteiger partial charge on any atom is -0.406 e. The van der Waals surface area contributed by atoms with Crippen LogP contribution < -0.4 is 10.1 Å². The molecule has 36 heavy (non-hydrogen) atoms. The number of hydrogen-bond acceptors (Lipinski definition) is 8. The number of benzene rings is 1. The van der Waals surface area contributed by atoms with Gasteiger partial charge in [-0.2, -0.15) is 5.10 Å². The SMILES string of the molecule is COC[C@H](C)NC(=O)Oc1c[nH]c2ncc(-c3nn(CCN4CCOCC4)c4cc(Cl)ccc34)nc12. The highest BCUT2D eigenvalue weighted by atomic mass is 35.5. The summed E-state index contributed by atoms with van der Waals surface area (Å²) >= 11 is 6.32. The van der Waals surface area contributed by atoms with Gasteiger partial charge in [0, 0.05) is 43.3 Å². The standard InChI is InChI=1S/C24H28ClN7O4/c1-15(14-34-2)28-24(33)36-20-13-27-23-22(20)29-18(12-26-23)21-17-4-3-16(25)11-19(17)32(30-21)6-5-31-7-9-35-10-8-31/h3-4,11-13,15H,5-10,14H2,1-2H3,(H,26,27)(H,28,33)/t15-/m0/s1. The van der Waals surface area contributed by atoms with Crippen LogP contribution in [0.2, 0.25) is 5.02 Å². The average Bonchev–Trinajstić information content (AvgIpc) is 3.44. The van der Waals surface area contributed by atoms with Gasteiger partial charge in [-0.05, 0) is 25.1 Å². The first-order valence-electron chi connectivity index (χ1n) is 11.8. The van der Waals surface area contributed by atoms with Crippen molar-refractivity contribution in [3.63, 3.8) is 0 Å². The van der Waals surface area contributed by atoms with Crippen molar-refractivity contribution < 1.29 is 19.0 Å². The molecule has 1 saturated heterocycles. The number of halogens is 1. The first kappa shape index (κ1) is 24.4. The maximum atomic E-state index is 12.3. The van der Waals surface area contributed by atoms with Crippen LogP contribution in [0.15, 0.2) is 30.6 Å². The quantitative estimate of drug-likeness (QED) is 0.369. The molecule has 1 amide bonds. The van der Waals surface area contributed by atoms with Gasteiger partial charge in [0.2, 0.25) is 0 Å². The summed E-state index contributed by atoms with van der Waals surface area (Å²) in [6.07, 6.45) is 2.62. The van der Waals surface area contributed by atoms with Gasteiger partial charge in [-0.15, -0.1) is 0 Å². The molecule has 0 bridgehead atoms. The first-order valence-corrected chi connectivity index (χ1v) is 12.2. The van der Waals surface area contributed by atoms with Gasteiger partial charge in [0.1, 0.15) is 11.4 Å². The number of ether oxygens (including phenoxy) is 3. The molecule has 0 unspecified atom stereocenters. The van der Waals surface area contributed by atoms with E-state index < -0.39 is 6.09 Å². The Morgan fingerprint density at radius 2 is 2.14 bits per heavy atom. The Kier molecular flexibility index (Phi) is 7.33. The molecule has 0 spiro atoms. The number of morpholine rings is 1. The number of rotatable bonds is 8. The van der Waals surface area contributed by atoms with Crippen LogP contribution in [0.5, 0.6) is 5.75 Å². The minimum absolute atomic E-state index is 0.200. The summed E-state index contributed by atoms with van der Waals surface area (Å²) in [7, 11) is 1.57. The first-order chi connectivity index (χ1) is 17.5. The van der Waals surface area contributed by atoms with Crippen molar-refractivity contribution >= 4 is 39.8 Å². The van der Waals surface area contributed by atoms with Crippen LogP contribution in [0.25, 0.3) is 33.5 Å². The van der Waals surface area contributed by atoms with Crippen LogP contribution in [0.4, 0.5) is 4.79 Å². The van der Waals surface area contributed by atoms with E-state index >= 15 is 0 Å². The maximum absolute atomic E-state index is 12.3. The second-order valence-corrected chi connectivity index (χ2v) is 9.12. The Morgan fingerprint density at radius 3 is 2.94 bits per heavy atom. The second kappa shape index (κ2) is 10.8. The lowest BCUT2D eigenvalue weighted by Crippen LogP contribution is -2.38. The molecular weight excluding hydrogens is 486 g/mol. The molecule has 5 rings (SSSR count). The van der Waals surface area contributed by atoms with Crippen molar-refractivity contribution in [2.24, 2.45) is 0 Å². The van der Waals surface area contributed by atoms with Gasteiger partial charge in [-0.1, -0.05) is 11.6 Å². The van der Waals surface area contributed by atoms with Gasteiger partial charge in [0.15, 0.2) is 16.9 Å². The molecule has 0 aliphatic carbocycles. The molecule has 1 aliphatic heterocycles. The van der Waals surface area contributed by atoms with Crippen LogP contribution >= 0.6 is 11.6 Å². The molecule has 190 valence electrons. The highest BCUT2D eigenvalue weighted by Crippen LogP contribution is 2.31. The predicted octanol–water partition coefficient (Wildman–Crippen LogP) is 3.08. The summed E-state index contributed by atoms with van der Waals surface area (Å²) in [6.45, 7) is 7.05. The molecule has 1 aliphatic rings. The average molecular weight is 514 g/mol. The molecule has 3 aromatic heterocycles. The zero-order chi connectivity index (χ0) is 25.1. The number of carbonyl (C=O) groups is 1. The van der Waals surface area contributed by atoms with Gasteiger partial charge >= 0.3 is 6.09 Å². The number of amides is 1. The third kappa shape index (κ3) is 5.29. The summed E-state index contributed by atoms with van der Waals surface area (Å²) in [6, 6.07) is 5.49. The molecule has 12 heteroatoms. The van der Waals surface area contributed by atoms with Crippen molar-refractivity contribution in [3.8, 4) is 17.1 Å². The Bertz CT molecular complexity index is 1370. The molecule has 1 atom stereocenters. The van der Waals surface area contributed by atoms with E-state index in [1.165, 1.54) is 0 Å². The Morgan fingerprint density at radius 1 is 1.31 bits per heavy atom. The topological polar surface area (TPSA) is 119 Å². The van der Waals surface area contributed by atoms with E-state index in [1.54, 1.807) is 19.5 Å². The zero-order valence-electron chi connectivity index (χ0n) is 20.2. The largest absolute Gasteiger partial charge is 0.413 e. The number of aromatic amines is 1. The summed E-state index contributed by atoms with van der Waals surface area (Å²) in [5.74, 6) is 0.278. The third-order valence-electron chi connectivity index (χ3n) is 6.02. The zero-order valence-corrected chi connectivity index (χ0v) is 20.9. The van der Waals surface area contributed by atoms with E-state index in [4.69, 9.17) is 35.9 Å². The van der Waals surface area contributed by atoms with Crippen LogP contribution in [-0.2, 0) is 16.0 Å². The lowest BCUT2D eigenvalue weighted by molar-refractivity contribution is 0.0361. The van der Waals surface area contributed by atoms with Crippen molar-refractivity contribution in [1.29, 1.82) is 0 Å².